The molecule has 0 bridgehead atoms. The first kappa shape index (κ1) is 43.1. The van der Waals surface area contributed by atoms with Crippen molar-refractivity contribution in [1.82, 2.24) is 0 Å². The third-order valence-corrected chi connectivity index (χ3v) is 3.62. The molecule has 0 spiro atoms. The van der Waals surface area contributed by atoms with E-state index in [0.29, 0.717) is 0 Å². The van der Waals surface area contributed by atoms with Gasteiger partial charge in [0, 0.05) is 0 Å². The number of allylic oxidation sites excluding steroid dienone is 17. The quantitative estimate of drug-likeness (QED) is 0.191. The Morgan fingerprint density at radius 3 is 1.78 bits per heavy atom. The Morgan fingerprint density at radius 1 is 0.750 bits per heavy atom. The van der Waals surface area contributed by atoms with Gasteiger partial charge in [-0.15, -0.1) is 12.3 Å². The molecule has 0 N–H and O–H groups in total. The smallest absolute Gasteiger partial charge is 0.0169 e. The van der Waals surface area contributed by atoms with Gasteiger partial charge in [0.15, 0.2) is 0 Å². The molecule has 0 amide bonds. The molecule has 0 aliphatic heterocycles. The van der Waals surface area contributed by atoms with Crippen LogP contribution < -0.4 is 0 Å². The van der Waals surface area contributed by atoms with Crippen LogP contribution in [0.5, 0.6) is 0 Å². The van der Waals surface area contributed by atoms with Crippen LogP contribution in [0.15, 0.2) is 126 Å². The van der Waals surface area contributed by atoms with Crippen molar-refractivity contribution in [1.29, 1.82) is 0 Å². The number of hydrogen-bond donors (Lipinski definition) is 0. The van der Waals surface area contributed by atoms with E-state index < -0.39 is 0 Å². The van der Waals surface area contributed by atoms with Crippen molar-refractivity contribution < 1.29 is 0 Å². The van der Waals surface area contributed by atoms with Gasteiger partial charge in [-0.25, -0.2) is 0 Å². The summed E-state index contributed by atoms with van der Waals surface area (Å²) in [6.45, 7) is 19.9. The second kappa shape index (κ2) is 32.8. The van der Waals surface area contributed by atoms with Crippen LogP contribution in [0.4, 0.5) is 0 Å². The zero-order valence-corrected chi connectivity index (χ0v) is 18.7. The van der Waals surface area contributed by atoms with Crippen LogP contribution in [0, 0.1) is 0 Å². The van der Waals surface area contributed by atoms with E-state index in [-0.39, 0.29) is 29.7 Å². The van der Waals surface area contributed by atoms with Gasteiger partial charge >= 0.3 is 0 Å². The fraction of sp³-hybridized carbons (Fsp3) is 0.344. The summed E-state index contributed by atoms with van der Waals surface area (Å²) in [5.41, 5.74) is 7.97. The van der Waals surface area contributed by atoms with E-state index in [1.165, 1.54) is 16.7 Å². The van der Waals surface area contributed by atoms with Gasteiger partial charge in [-0.05, 0) is 65.7 Å². The van der Waals surface area contributed by atoms with Gasteiger partial charge in [-0.3, -0.25) is 0 Å². The van der Waals surface area contributed by atoms with Gasteiger partial charge in [-0.1, -0.05) is 126 Å². The summed E-state index contributed by atoms with van der Waals surface area (Å²) in [4.78, 5) is 0. The largest absolute Gasteiger partial charge is 0.125 e. The summed E-state index contributed by atoms with van der Waals surface area (Å²) in [5, 5.41) is 0. The van der Waals surface area contributed by atoms with E-state index >= 15 is 0 Å². The minimum atomic E-state index is 0. The van der Waals surface area contributed by atoms with Crippen molar-refractivity contribution in [3.05, 3.63) is 126 Å². The molecule has 0 nitrogen and oxygen atoms in total. The average molecular weight is 439 g/mol. The number of rotatable bonds is 9. The predicted molar refractivity (Wildman–Crippen MR) is 158 cm³/mol. The molecule has 0 aromatic heterocycles. The first-order valence-electron chi connectivity index (χ1n) is 9.64. The highest BCUT2D eigenvalue weighted by molar-refractivity contribution is 5.30. The lowest BCUT2D eigenvalue weighted by molar-refractivity contribution is 1.29. The van der Waals surface area contributed by atoms with E-state index in [4.69, 9.17) is 0 Å². The van der Waals surface area contributed by atoms with E-state index in [9.17, 15) is 0 Å². The molecule has 0 rings (SSSR count). The van der Waals surface area contributed by atoms with Crippen molar-refractivity contribution >= 4 is 0 Å². The van der Waals surface area contributed by atoms with Crippen LogP contribution in [-0.2, 0) is 0 Å². The molecule has 182 valence electrons. The predicted octanol–water partition coefficient (Wildman–Crippen LogP) is 11.5. The maximum absolute atomic E-state index is 3.88. The molecule has 0 radical (unpaired) electrons. The van der Waals surface area contributed by atoms with Crippen molar-refractivity contribution in [2.75, 3.05) is 0 Å². The highest BCUT2D eigenvalue weighted by Gasteiger charge is 1.84. The minimum Gasteiger partial charge on any atom is -0.125 e. The monoisotopic (exact) mass is 438 g/mol. The molecule has 0 aromatic carbocycles. The van der Waals surface area contributed by atoms with Gasteiger partial charge in [0.1, 0.15) is 0 Å². The molecular weight excluding hydrogens is 384 g/mol. The van der Waals surface area contributed by atoms with Gasteiger partial charge in [0.05, 0.1) is 0 Å². The van der Waals surface area contributed by atoms with E-state index in [1.54, 1.807) is 0 Å². The third-order valence-electron chi connectivity index (χ3n) is 3.62. The highest BCUT2D eigenvalue weighted by atomic mass is 13.9. The minimum absolute atomic E-state index is 0. The lowest BCUT2D eigenvalue weighted by Gasteiger charge is -1.94. The molecular formula is C32H54. The average Bonchev–Trinajstić information content (AvgIpc) is 2.66. The molecule has 0 aromatic rings. The van der Waals surface area contributed by atoms with Gasteiger partial charge in [0.25, 0.3) is 0 Å². The second-order valence-corrected chi connectivity index (χ2v) is 6.40. The molecule has 0 atom stereocenters. The summed E-state index contributed by atoms with van der Waals surface area (Å²) in [6, 6.07) is 0. The highest BCUT2D eigenvalue weighted by Crippen LogP contribution is 2.05. The van der Waals surface area contributed by atoms with Gasteiger partial charge in [0.2, 0.25) is 0 Å². The summed E-state index contributed by atoms with van der Waals surface area (Å²) >= 11 is 0. The summed E-state index contributed by atoms with van der Waals surface area (Å²) in [5.74, 6) is 0. The standard InChI is InChI=1S/C15H22.C13H16.4CH4/c1-12(2)14(5)10-8-7-9-11-15(6)13(3)4;1-3-5-7-9-11-13-12-10-8-6-4-2;;;;/h7-11H,1H2,2-6H3;3-4,7-13H,1,5H2,2H3;4*1H4/b8-7?,11-9?,14-10-;9-7-,12-10?,13-11?;;;;. The Kier molecular flexibility index (Phi) is 44.3. The van der Waals surface area contributed by atoms with Gasteiger partial charge < -0.3 is 0 Å². The van der Waals surface area contributed by atoms with Crippen LogP contribution in [0.25, 0.3) is 0 Å². The maximum Gasteiger partial charge on any atom is -0.0169 e. The van der Waals surface area contributed by atoms with Crippen molar-refractivity contribution in [3.8, 4) is 0 Å². The molecule has 0 aliphatic rings. The van der Waals surface area contributed by atoms with E-state index in [0.717, 1.165) is 12.0 Å². The fourth-order valence-corrected chi connectivity index (χ4v) is 1.43. The lowest BCUT2D eigenvalue weighted by atomic mass is 10.1. The molecule has 0 saturated heterocycles. The summed E-state index contributed by atoms with van der Waals surface area (Å²) < 4.78 is 0. The first-order chi connectivity index (χ1) is 13.4. The SMILES string of the molecule is C.C.C.C.C=C(C)/C(C)=C\C=CC=CC(C)=C(C)C.C=CC/C=C\C=CC=CC=C=CC. The van der Waals surface area contributed by atoms with Crippen molar-refractivity contribution in [2.24, 2.45) is 0 Å². The molecule has 0 heteroatoms. The van der Waals surface area contributed by atoms with Gasteiger partial charge in [-0.2, -0.15) is 0 Å². The zero-order chi connectivity index (χ0) is 21.6. The Hall–Kier alpha value is -2.82. The molecule has 32 heavy (non-hydrogen) atoms. The topological polar surface area (TPSA) is 0 Å². The first-order valence-corrected chi connectivity index (χ1v) is 9.64. The molecule has 0 saturated carbocycles. The second-order valence-electron chi connectivity index (χ2n) is 6.40. The Morgan fingerprint density at radius 2 is 1.28 bits per heavy atom. The van der Waals surface area contributed by atoms with E-state index in [2.05, 4.69) is 70.9 Å². The zero-order valence-electron chi connectivity index (χ0n) is 18.7. The molecule has 0 aliphatic carbocycles. The lowest BCUT2D eigenvalue weighted by Crippen LogP contribution is -1.73. The fourth-order valence-electron chi connectivity index (χ4n) is 1.43. The normalized spacial score (nSPS) is 10.2. The van der Waals surface area contributed by atoms with Crippen LogP contribution in [0.2, 0.25) is 0 Å². The van der Waals surface area contributed by atoms with Crippen LogP contribution in [0.3, 0.4) is 0 Å². The Balaban J connectivity index is -0.0000000946. The summed E-state index contributed by atoms with van der Waals surface area (Å²) in [6.07, 6.45) is 28.8. The third kappa shape index (κ3) is 34.7. The Bertz CT molecular complexity index is 712. The van der Waals surface area contributed by atoms with Crippen molar-refractivity contribution in [3.63, 3.8) is 0 Å². The molecule has 0 heterocycles. The Labute approximate surface area is 203 Å². The van der Waals surface area contributed by atoms with E-state index in [1.807, 2.05) is 74.6 Å². The van der Waals surface area contributed by atoms with Crippen LogP contribution >= 0.6 is 0 Å². The number of hydrogen-bond acceptors (Lipinski definition) is 0. The maximum atomic E-state index is 3.88. The van der Waals surface area contributed by atoms with Crippen LogP contribution in [-0.4, -0.2) is 0 Å². The summed E-state index contributed by atoms with van der Waals surface area (Å²) in [7, 11) is 0. The molecule has 0 unspecified atom stereocenters. The van der Waals surface area contributed by atoms with Crippen LogP contribution in [0.1, 0.15) is 77.7 Å². The van der Waals surface area contributed by atoms with Crippen molar-refractivity contribution in [2.45, 2.75) is 77.7 Å². The molecule has 0 fully saturated rings.